The molecule has 1 N–H and O–H groups in total. The van der Waals surface area contributed by atoms with Gasteiger partial charge in [-0.05, 0) is 6.42 Å². The summed E-state index contributed by atoms with van der Waals surface area (Å²) >= 11 is 0. The van der Waals surface area contributed by atoms with Crippen molar-refractivity contribution in [2.75, 3.05) is 13.7 Å². The molecule has 72 valence electrons. The summed E-state index contributed by atoms with van der Waals surface area (Å²) in [6, 6.07) is 0. The molecule has 0 aromatic heterocycles. The molecule has 0 unspecified atom stereocenters. The molecule has 1 heterocycles. The van der Waals surface area contributed by atoms with Gasteiger partial charge in [0.2, 0.25) is 0 Å². The van der Waals surface area contributed by atoms with E-state index in [1.54, 1.807) is 0 Å². The molecule has 4 heteroatoms. The third kappa shape index (κ3) is 1.26. The number of aliphatic hydroxyl groups excluding tert-OH is 1. The standard InChI is InChI=1S/C9H12O4/c1-12-8(10)5-2-3-6-7(5)4-13-9(6)11/h2,6-7,9,11H,3-4H2,1H3/t6-,7+,9+/m0/s1. The van der Waals surface area contributed by atoms with Gasteiger partial charge in [0.15, 0.2) is 6.29 Å². The Balaban J connectivity index is 2.13. The van der Waals surface area contributed by atoms with Crippen LogP contribution in [-0.2, 0) is 14.3 Å². The van der Waals surface area contributed by atoms with Crippen LogP contribution in [0, 0.1) is 11.8 Å². The van der Waals surface area contributed by atoms with E-state index in [1.807, 2.05) is 6.08 Å². The zero-order chi connectivity index (χ0) is 9.42. The first kappa shape index (κ1) is 8.72. The van der Waals surface area contributed by atoms with E-state index in [-0.39, 0.29) is 17.8 Å². The number of esters is 1. The normalized spacial score (nSPS) is 37.1. The maximum Gasteiger partial charge on any atom is 0.333 e. The number of carbonyl (C=O) groups excluding carboxylic acids is 1. The summed E-state index contributed by atoms with van der Waals surface area (Å²) in [6.07, 6.45) is 1.83. The van der Waals surface area contributed by atoms with Gasteiger partial charge < -0.3 is 14.6 Å². The van der Waals surface area contributed by atoms with E-state index >= 15 is 0 Å². The van der Waals surface area contributed by atoms with Crippen molar-refractivity contribution in [1.82, 2.24) is 0 Å². The summed E-state index contributed by atoms with van der Waals surface area (Å²) in [5, 5.41) is 9.36. The van der Waals surface area contributed by atoms with E-state index in [9.17, 15) is 9.90 Å². The van der Waals surface area contributed by atoms with Gasteiger partial charge in [-0.1, -0.05) is 6.08 Å². The predicted octanol–water partition coefficient (Wildman–Crippen LogP) is 0.0705. The Labute approximate surface area is 76.1 Å². The fourth-order valence-corrected chi connectivity index (χ4v) is 2.02. The number of aliphatic hydroxyl groups is 1. The topological polar surface area (TPSA) is 55.8 Å². The number of methoxy groups -OCH3 is 1. The van der Waals surface area contributed by atoms with Gasteiger partial charge in [0, 0.05) is 17.4 Å². The lowest BCUT2D eigenvalue weighted by molar-refractivity contribution is -0.136. The van der Waals surface area contributed by atoms with Gasteiger partial charge in [-0.3, -0.25) is 0 Å². The van der Waals surface area contributed by atoms with Crippen molar-refractivity contribution in [2.45, 2.75) is 12.7 Å². The predicted molar refractivity (Wildman–Crippen MR) is 43.7 cm³/mol. The maximum absolute atomic E-state index is 11.2. The molecule has 1 aliphatic carbocycles. The van der Waals surface area contributed by atoms with E-state index in [1.165, 1.54) is 7.11 Å². The highest BCUT2D eigenvalue weighted by atomic mass is 16.6. The lowest BCUT2D eigenvalue weighted by Crippen LogP contribution is -2.19. The van der Waals surface area contributed by atoms with Crippen LogP contribution in [0.3, 0.4) is 0 Å². The van der Waals surface area contributed by atoms with Crippen LogP contribution < -0.4 is 0 Å². The summed E-state index contributed by atoms with van der Waals surface area (Å²) in [5.74, 6) is -0.221. The SMILES string of the molecule is COC(=O)C1=CC[C@@H]2[C@H](O)OC[C@H]12. The highest BCUT2D eigenvalue weighted by Gasteiger charge is 2.43. The Morgan fingerprint density at radius 3 is 3.23 bits per heavy atom. The number of hydrogen-bond acceptors (Lipinski definition) is 4. The zero-order valence-corrected chi connectivity index (χ0v) is 7.40. The van der Waals surface area contributed by atoms with Crippen LogP contribution in [0.4, 0.5) is 0 Å². The first-order valence-corrected chi connectivity index (χ1v) is 4.32. The van der Waals surface area contributed by atoms with Crippen LogP contribution in [0.25, 0.3) is 0 Å². The molecule has 0 aromatic rings. The Hall–Kier alpha value is -0.870. The molecular formula is C9H12O4. The second-order valence-electron chi connectivity index (χ2n) is 3.38. The molecule has 1 saturated heterocycles. The van der Waals surface area contributed by atoms with Gasteiger partial charge >= 0.3 is 5.97 Å². The third-order valence-corrected chi connectivity index (χ3v) is 2.76. The minimum atomic E-state index is -0.719. The van der Waals surface area contributed by atoms with Crippen molar-refractivity contribution in [3.05, 3.63) is 11.6 Å². The summed E-state index contributed by atoms with van der Waals surface area (Å²) in [4.78, 5) is 11.2. The first-order valence-electron chi connectivity index (χ1n) is 4.32. The summed E-state index contributed by atoms with van der Waals surface area (Å²) in [6.45, 7) is 0.423. The average Bonchev–Trinajstić information content (AvgIpc) is 2.68. The van der Waals surface area contributed by atoms with E-state index in [0.29, 0.717) is 18.6 Å². The van der Waals surface area contributed by atoms with Crippen molar-refractivity contribution >= 4 is 5.97 Å². The van der Waals surface area contributed by atoms with Gasteiger partial charge in [-0.2, -0.15) is 0 Å². The van der Waals surface area contributed by atoms with E-state index < -0.39 is 6.29 Å². The Morgan fingerprint density at radius 2 is 2.54 bits per heavy atom. The molecule has 1 aliphatic heterocycles. The van der Waals surface area contributed by atoms with Crippen LogP contribution in [0.5, 0.6) is 0 Å². The number of rotatable bonds is 1. The average molecular weight is 184 g/mol. The first-order chi connectivity index (χ1) is 6.24. The molecular weight excluding hydrogens is 172 g/mol. The Kier molecular flexibility index (Phi) is 2.09. The van der Waals surface area contributed by atoms with Gasteiger partial charge in [0.05, 0.1) is 13.7 Å². The van der Waals surface area contributed by atoms with Crippen molar-refractivity contribution < 1.29 is 19.4 Å². The molecule has 0 bridgehead atoms. The molecule has 1 fully saturated rings. The highest BCUT2D eigenvalue weighted by molar-refractivity contribution is 5.89. The molecule has 0 aromatic carbocycles. The fraction of sp³-hybridized carbons (Fsp3) is 0.667. The molecule has 4 nitrogen and oxygen atoms in total. The number of carbonyl (C=O) groups is 1. The number of hydrogen-bond donors (Lipinski definition) is 1. The number of allylic oxidation sites excluding steroid dienone is 1. The zero-order valence-electron chi connectivity index (χ0n) is 7.40. The number of ether oxygens (including phenoxy) is 2. The Morgan fingerprint density at radius 1 is 1.77 bits per heavy atom. The molecule has 3 atom stereocenters. The summed E-state index contributed by atoms with van der Waals surface area (Å²) in [5.41, 5.74) is 0.657. The molecule has 13 heavy (non-hydrogen) atoms. The third-order valence-electron chi connectivity index (χ3n) is 2.76. The van der Waals surface area contributed by atoms with E-state index in [4.69, 9.17) is 4.74 Å². The summed E-state index contributed by atoms with van der Waals surface area (Å²) in [7, 11) is 1.36. The molecule has 0 radical (unpaired) electrons. The lowest BCUT2D eigenvalue weighted by Gasteiger charge is -2.11. The lowest BCUT2D eigenvalue weighted by atomic mass is 9.94. The molecule has 0 amide bonds. The fourth-order valence-electron chi connectivity index (χ4n) is 2.02. The molecule has 2 aliphatic rings. The molecule has 0 saturated carbocycles. The minimum absolute atomic E-state index is 0.0300. The van der Waals surface area contributed by atoms with Crippen molar-refractivity contribution in [3.8, 4) is 0 Å². The van der Waals surface area contributed by atoms with Crippen molar-refractivity contribution in [3.63, 3.8) is 0 Å². The van der Waals surface area contributed by atoms with E-state index in [0.717, 1.165) is 0 Å². The van der Waals surface area contributed by atoms with Crippen molar-refractivity contribution in [1.29, 1.82) is 0 Å². The maximum atomic E-state index is 11.2. The van der Waals surface area contributed by atoms with Crippen LogP contribution >= 0.6 is 0 Å². The van der Waals surface area contributed by atoms with Gasteiger partial charge in [-0.25, -0.2) is 4.79 Å². The molecule has 2 rings (SSSR count). The van der Waals surface area contributed by atoms with E-state index in [2.05, 4.69) is 4.74 Å². The second kappa shape index (κ2) is 3.12. The quantitative estimate of drug-likeness (QED) is 0.586. The van der Waals surface area contributed by atoms with Crippen LogP contribution in [0.2, 0.25) is 0 Å². The van der Waals surface area contributed by atoms with Crippen LogP contribution in [-0.4, -0.2) is 31.1 Å². The van der Waals surface area contributed by atoms with Gasteiger partial charge in [0.25, 0.3) is 0 Å². The van der Waals surface area contributed by atoms with Gasteiger partial charge in [0.1, 0.15) is 0 Å². The van der Waals surface area contributed by atoms with Crippen molar-refractivity contribution in [2.24, 2.45) is 11.8 Å². The smallest absolute Gasteiger partial charge is 0.333 e. The monoisotopic (exact) mass is 184 g/mol. The summed E-state index contributed by atoms with van der Waals surface area (Å²) < 4.78 is 9.68. The van der Waals surface area contributed by atoms with Gasteiger partial charge in [-0.15, -0.1) is 0 Å². The minimum Gasteiger partial charge on any atom is -0.466 e. The largest absolute Gasteiger partial charge is 0.466 e. The van der Waals surface area contributed by atoms with Crippen LogP contribution in [0.1, 0.15) is 6.42 Å². The van der Waals surface area contributed by atoms with Crippen LogP contribution in [0.15, 0.2) is 11.6 Å². The second-order valence-corrected chi connectivity index (χ2v) is 3.38. The Bertz CT molecular complexity index is 258. The molecule has 0 spiro atoms. The highest BCUT2D eigenvalue weighted by Crippen LogP contribution is 2.40. The number of fused-ring (bicyclic) bond motifs is 1.